The van der Waals surface area contributed by atoms with Crippen molar-refractivity contribution in [3.05, 3.63) is 66.0 Å². The number of nitrogens with one attached hydrogen (secondary N) is 1. The van der Waals surface area contributed by atoms with Crippen molar-refractivity contribution in [1.82, 2.24) is 9.78 Å². The van der Waals surface area contributed by atoms with E-state index in [1.807, 2.05) is 59.3 Å². The van der Waals surface area contributed by atoms with Crippen molar-refractivity contribution < 1.29 is 14.3 Å². The number of hydrogen-bond donors (Lipinski definition) is 1. The zero-order chi connectivity index (χ0) is 21.3. The van der Waals surface area contributed by atoms with Gasteiger partial charge in [0.1, 0.15) is 11.4 Å². The third-order valence-electron chi connectivity index (χ3n) is 5.00. The molecule has 1 N–H and O–H groups in total. The molecule has 0 spiro atoms. The molecule has 30 heavy (non-hydrogen) atoms. The summed E-state index contributed by atoms with van der Waals surface area (Å²) in [5.74, 6) is 2.29. The molecule has 0 atom stereocenters. The molecule has 0 radical (unpaired) electrons. The zero-order valence-electron chi connectivity index (χ0n) is 17.8. The van der Waals surface area contributed by atoms with Crippen LogP contribution in [0.5, 0.6) is 17.2 Å². The third-order valence-corrected chi connectivity index (χ3v) is 5.00. The standard InChI is InChI=1S/C24H27N3O3/c1-24(2,3)27-20(15-19(26-27)16-9-10-16)23(28)25-17-11-13-18(14-12-17)30-22-8-6-5-7-21(22)29-4/h5-8,11-16H,9-10H2,1-4H3,(H,25,28). The summed E-state index contributed by atoms with van der Waals surface area (Å²) < 4.78 is 13.0. The Labute approximate surface area is 176 Å². The lowest BCUT2D eigenvalue weighted by molar-refractivity contribution is 0.100. The zero-order valence-corrected chi connectivity index (χ0v) is 17.8. The molecule has 0 aliphatic heterocycles. The van der Waals surface area contributed by atoms with Crippen LogP contribution in [-0.4, -0.2) is 22.8 Å². The maximum Gasteiger partial charge on any atom is 0.273 e. The predicted octanol–water partition coefficient (Wildman–Crippen LogP) is 5.57. The van der Waals surface area contributed by atoms with E-state index in [-0.39, 0.29) is 11.4 Å². The van der Waals surface area contributed by atoms with Crippen molar-refractivity contribution in [2.75, 3.05) is 12.4 Å². The second kappa shape index (κ2) is 7.86. The highest BCUT2D eigenvalue weighted by Gasteiger charge is 2.31. The van der Waals surface area contributed by atoms with Crippen molar-refractivity contribution in [3.63, 3.8) is 0 Å². The van der Waals surface area contributed by atoms with Crippen molar-refractivity contribution in [2.24, 2.45) is 0 Å². The number of nitrogens with zero attached hydrogens (tertiary/aromatic N) is 2. The first-order valence-electron chi connectivity index (χ1n) is 10.2. The van der Waals surface area contributed by atoms with Crippen LogP contribution in [0, 0.1) is 0 Å². The smallest absolute Gasteiger partial charge is 0.273 e. The highest BCUT2D eigenvalue weighted by atomic mass is 16.5. The molecule has 1 fully saturated rings. The Morgan fingerprint density at radius 1 is 1.07 bits per heavy atom. The Hall–Kier alpha value is -3.28. The Morgan fingerprint density at radius 3 is 2.33 bits per heavy atom. The van der Waals surface area contributed by atoms with E-state index in [9.17, 15) is 4.79 Å². The SMILES string of the molecule is COc1ccccc1Oc1ccc(NC(=O)c2cc(C3CC3)nn2C(C)(C)C)cc1. The van der Waals surface area contributed by atoms with Gasteiger partial charge >= 0.3 is 0 Å². The van der Waals surface area contributed by atoms with Gasteiger partial charge in [-0.1, -0.05) is 12.1 Å². The fourth-order valence-corrected chi connectivity index (χ4v) is 3.28. The molecule has 1 aliphatic rings. The molecule has 1 aromatic heterocycles. The Balaban J connectivity index is 1.49. The first kappa shape index (κ1) is 20.0. The number of benzene rings is 2. The normalized spacial score (nSPS) is 13.7. The van der Waals surface area contributed by atoms with E-state index in [0.717, 1.165) is 18.5 Å². The van der Waals surface area contributed by atoms with Gasteiger partial charge in [-0.15, -0.1) is 0 Å². The average molecular weight is 405 g/mol. The van der Waals surface area contributed by atoms with E-state index in [1.54, 1.807) is 7.11 Å². The molecule has 4 rings (SSSR count). The van der Waals surface area contributed by atoms with E-state index < -0.39 is 0 Å². The molecule has 0 bridgehead atoms. The molecule has 0 unspecified atom stereocenters. The number of aromatic nitrogens is 2. The Kier molecular flexibility index (Phi) is 5.24. The van der Waals surface area contributed by atoms with Crippen LogP contribution in [0.15, 0.2) is 54.6 Å². The van der Waals surface area contributed by atoms with Crippen LogP contribution in [0.2, 0.25) is 0 Å². The van der Waals surface area contributed by atoms with Crippen LogP contribution in [0.3, 0.4) is 0 Å². The molecular formula is C24H27N3O3. The summed E-state index contributed by atoms with van der Waals surface area (Å²) in [7, 11) is 1.61. The fraction of sp³-hybridized carbons (Fsp3) is 0.333. The van der Waals surface area contributed by atoms with Crippen LogP contribution < -0.4 is 14.8 Å². The molecule has 1 heterocycles. The monoisotopic (exact) mass is 405 g/mol. The average Bonchev–Trinajstić information content (AvgIpc) is 3.46. The van der Waals surface area contributed by atoms with Crippen LogP contribution in [0.1, 0.15) is 55.7 Å². The van der Waals surface area contributed by atoms with Gasteiger partial charge in [0.05, 0.1) is 18.3 Å². The number of methoxy groups -OCH3 is 1. The number of anilines is 1. The second-order valence-corrected chi connectivity index (χ2v) is 8.54. The summed E-state index contributed by atoms with van der Waals surface area (Å²) in [4.78, 5) is 13.0. The van der Waals surface area contributed by atoms with Gasteiger partial charge in [-0.05, 0) is 76.1 Å². The summed E-state index contributed by atoms with van der Waals surface area (Å²) in [6, 6.07) is 16.7. The van der Waals surface area contributed by atoms with Crippen molar-refractivity contribution >= 4 is 11.6 Å². The van der Waals surface area contributed by atoms with Crippen LogP contribution in [-0.2, 0) is 5.54 Å². The number of ether oxygens (including phenoxy) is 2. The van der Waals surface area contributed by atoms with Crippen LogP contribution in [0.25, 0.3) is 0 Å². The minimum Gasteiger partial charge on any atom is -0.493 e. The topological polar surface area (TPSA) is 65.4 Å². The van der Waals surface area contributed by atoms with E-state index in [1.165, 1.54) is 0 Å². The minimum atomic E-state index is -0.272. The predicted molar refractivity (Wildman–Crippen MR) is 117 cm³/mol. The summed E-state index contributed by atoms with van der Waals surface area (Å²) >= 11 is 0. The van der Waals surface area contributed by atoms with Crippen molar-refractivity contribution in [1.29, 1.82) is 0 Å². The number of para-hydroxylation sites is 2. The molecule has 6 nitrogen and oxygen atoms in total. The molecule has 0 saturated heterocycles. The minimum absolute atomic E-state index is 0.164. The summed E-state index contributed by atoms with van der Waals surface area (Å²) in [5, 5.41) is 7.68. The van der Waals surface area contributed by atoms with Gasteiger partial charge in [-0.3, -0.25) is 9.48 Å². The van der Waals surface area contributed by atoms with Gasteiger partial charge in [0.2, 0.25) is 0 Å². The second-order valence-electron chi connectivity index (χ2n) is 8.54. The van der Waals surface area contributed by atoms with Crippen LogP contribution in [0.4, 0.5) is 5.69 Å². The van der Waals surface area contributed by atoms with Gasteiger partial charge < -0.3 is 14.8 Å². The van der Waals surface area contributed by atoms with Gasteiger partial charge in [0, 0.05) is 11.6 Å². The highest BCUT2D eigenvalue weighted by molar-refractivity contribution is 6.03. The number of amides is 1. The third kappa shape index (κ3) is 4.32. The van der Waals surface area contributed by atoms with Gasteiger partial charge in [0.25, 0.3) is 5.91 Å². The number of rotatable bonds is 6. The number of hydrogen-bond acceptors (Lipinski definition) is 4. The van der Waals surface area contributed by atoms with Gasteiger partial charge in [0.15, 0.2) is 11.5 Å². The highest BCUT2D eigenvalue weighted by Crippen LogP contribution is 2.40. The van der Waals surface area contributed by atoms with E-state index in [4.69, 9.17) is 14.6 Å². The summed E-state index contributed by atoms with van der Waals surface area (Å²) in [6.45, 7) is 6.16. The molecule has 3 aromatic rings. The first-order valence-corrected chi connectivity index (χ1v) is 10.2. The molecular weight excluding hydrogens is 378 g/mol. The van der Waals surface area contributed by atoms with Gasteiger partial charge in [-0.2, -0.15) is 5.10 Å². The molecule has 156 valence electrons. The lowest BCUT2D eigenvalue weighted by atomic mass is 10.1. The first-order chi connectivity index (χ1) is 14.3. The van der Waals surface area contributed by atoms with Crippen LogP contribution >= 0.6 is 0 Å². The molecule has 2 aromatic carbocycles. The lowest BCUT2D eigenvalue weighted by Gasteiger charge is -2.22. The van der Waals surface area contributed by atoms with Gasteiger partial charge in [-0.25, -0.2) is 0 Å². The van der Waals surface area contributed by atoms with E-state index >= 15 is 0 Å². The Morgan fingerprint density at radius 2 is 1.73 bits per heavy atom. The molecule has 1 saturated carbocycles. The Bertz CT molecular complexity index is 1040. The largest absolute Gasteiger partial charge is 0.493 e. The summed E-state index contributed by atoms with van der Waals surface area (Å²) in [5.41, 5.74) is 2.02. The number of carbonyl (C=O) groups is 1. The van der Waals surface area contributed by atoms with E-state index in [0.29, 0.717) is 34.5 Å². The summed E-state index contributed by atoms with van der Waals surface area (Å²) in [6.07, 6.45) is 2.30. The molecule has 6 heteroatoms. The fourth-order valence-electron chi connectivity index (χ4n) is 3.28. The number of carbonyl (C=O) groups excluding carboxylic acids is 1. The maximum absolute atomic E-state index is 13.0. The molecule has 1 aliphatic carbocycles. The van der Waals surface area contributed by atoms with E-state index in [2.05, 4.69) is 26.1 Å². The maximum atomic E-state index is 13.0. The molecule has 1 amide bonds. The quantitative estimate of drug-likeness (QED) is 0.582. The van der Waals surface area contributed by atoms with Crippen molar-refractivity contribution in [3.8, 4) is 17.2 Å². The lowest BCUT2D eigenvalue weighted by Crippen LogP contribution is -2.29. The van der Waals surface area contributed by atoms with Crippen molar-refractivity contribution in [2.45, 2.75) is 45.1 Å².